The second kappa shape index (κ2) is 8.54. The molecule has 3 nitrogen and oxygen atoms in total. The molecule has 1 heterocycles. The van der Waals surface area contributed by atoms with Crippen molar-refractivity contribution in [3.8, 4) is 0 Å². The SMILES string of the molecule is CC(C)=N/N=C(\C)CN=C(c1ccc(Cl)cc1)c1c(C)sc(C)c1C. The minimum atomic E-state index is 0.516. The van der Waals surface area contributed by atoms with Gasteiger partial charge in [-0.1, -0.05) is 23.7 Å². The summed E-state index contributed by atoms with van der Waals surface area (Å²) in [5.74, 6) is 0. The van der Waals surface area contributed by atoms with Gasteiger partial charge in [0.2, 0.25) is 0 Å². The molecule has 0 fully saturated rings. The number of hydrogen-bond donors (Lipinski definition) is 0. The Morgan fingerprint density at radius 2 is 1.60 bits per heavy atom. The van der Waals surface area contributed by atoms with Crippen LogP contribution in [0.1, 0.15) is 47.2 Å². The van der Waals surface area contributed by atoms with Crippen molar-refractivity contribution in [3.05, 3.63) is 55.7 Å². The molecular formula is C20H24ClN3S. The Balaban J connectivity index is 2.49. The molecule has 2 rings (SSSR count). The Labute approximate surface area is 159 Å². The third-order valence-corrected chi connectivity index (χ3v) is 5.18. The molecule has 2 aromatic rings. The van der Waals surface area contributed by atoms with Crippen LogP contribution in [0.25, 0.3) is 0 Å². The van der Waals surface area contributed by atoms with Crippen LogP contribution in [-0.4, -0.2) is 23.7 Å². The third kappa shape index (κ3) is 5.10. The molecule has 0 atom stereocenters. The van der Waals surface area contributed by atoms with Gasteiger partial charge in [-0.2, -0.15) is 10.2 Å². The topological polar surface area (TPSA) is 37.1 Å². The van der Waals surface area contributed by atoms with Gasteiger partial charge in [0.1, 0.15) is 0 Å². The van der Waals surface area contributed by atoms with Crippen LogP contribution in [0.5, 0.6) is 0 Å². The fourth-order valence-corrected chi connectivity index (χ4v) is 3.67. The summed E-state index contributed by atoms with van der Waals surface area (Å²) in [4.78, 5) is 7.49. The third-order valence-electron chi connectivity index (χ3n) is 3.80. The van der Waals surface area contributed by atoms with E-state index in [1.54, 1.807) is 0 Å². The Hall–Kier alpha value is -1.78. The van der Waals surface area contributed by atoms with Crippen molar-refractivity contribution >= 4 is 40.1 Å². The molecule has 0 unspecified atom stereocenters. The summed E-state index contributed by atoms with van der Waals surface area (Å²) in [6, 6.07) is 7.85. The quantitative estimate of drug-likeness (QED) is 0.454. The molecule has 5 heteroatoms. The van der Waals surface area contributed by atoms with E-state index in [0.717, 1.165) is 27.7 Å². The van der Waals surface area contributed by atoms with Crippen LogP contribution < -0.4 is 0 Å². The highest BCUT2D eigenvalue weighted by molar-refractivity contribution is 7.12. The number of hydrogen-bond acceptors (Lipinski definition) is 4. The molecular weight excluding hydrogens is 350 g/mol. The molecule has 0 radical (unpaired) electrons. The first-order valence-corrected chi connectivity index (χ1v) is 9.40. The zero-order valence-corrected chi connectivity index (χ0v) is 17.2. The maximum absolute atomic E-state index is 6.06. The fraction of sp³-hybridized carbons (Fsp3) is 0.350. The van der Waals surface area contributed by atoms with Gasteiger partial charge in [0, 0.05) is 31.6 Å². The zero-order chi connectivity index (χ0) is 18.6. The predicted octanol–water partition coefficient (Wildman–Crippen LogP) is 6.02. The molecule has 0 saturated heterocycles. The Kier molecular flexibility index (Phi) is 6.68. The van der Waals surface area contributed by atoms with Crippen molar-refractivity contribution in [3.63, 3.8) is 0 Å². The standard InChI is InChI=1S/C20H24ClN3S/c1-12(2)23-24-13(3)11-22-20(17-7-9-18(21)10-8-17)19-14(4)15(5)25-16(19)6/h7-10H,11H2,1-6H3/b22-20?,24-13+. The van der Waals surface area contributed by atoms with Crippen molar-refractivity contribution < 1.29 is 0 Å². The second-order valence-electron chi connectivity index (χ2n) is 6.27. The molecule has 0 aliphatic rings. The van der Waals surface area contributed by atoms with Gasteiger partial charge in [-0.05, 0) is 59.2 Å². The van der Waals surface area contributed by atoms with E-state index in [1.165, 1.54) is 20.9 Å². The predicted molar refractivity (Wildman–Crippen MR) is 112 cm³/mol. The Morgan fingerprint density at radius 1 is 0.960 bits per heavy atom. The van der Waals surface area contributed by atoms with Crippen molar-refractivity contribution in [1.29, 1.82) is 0 Å². The summed E-state index contributed by atoms with van der Waals surface area (Å²) in [6.07, 6.45) is 0. The minimum absolute atomic E-state index is 0.516. The van der Waals surface area contributed by atoms with Gasteiger partial charge in [0.15, 0.2) is 0 Å². The molecule has 0 saturated carbocycles. The van der Waals surface area contributed by atoms with Crippen LogP contribution >= 0.6 is 22.9 Å². The zero-order valence-electron chi connectivity index (χ0n) is 15.6. The summed E-state index contributed by atoms with van der Waals surface area (Å²) in [5, 5.41) is 9.07. The summed E-state index contributed by atoms with van der Waals surface area (Å²) < 4.78 is 0. The number of halogens is 1. The number of nitrogens with zero attached hydrogens (tertiary/aromatic N) is 3. The van der Waals surface area contributed by atoms with Crippen LogP contribution in [0.2, 0.25) is 5.02 Å². The largest absolute Gasteiger partial charge is 0.278 e. The smallest absolute Gasteiger partial charge is 0.0795 e. The van der Waals surface area contributed by atoms with E-state index < -0.39 is 0 Å². The van der Waals surface area contributed by atoms with Crippen LogP contribution in [0.4, 0.5) is 0 Å². The molecule has 132 valence electrons. The van der Waals surface area contributed by atoms with Gasteiger partial charge in [-0.15, -0.1) is 11.3 Å². The minimum Gasteiger partial charge on any atom is -0.278 e. The molecule has 1 aromatic heterocycles. The Bertz CT molecular complexity index is 839. The van der Waals surface area contributed by atoms with E-state index in [4.69, 9.17) is 16.6 Å². The fourth-order valence-electron chi connectivity index (χ4n) is 2.47. The van der Waals surface area contributed by atoms with Crippen LogP contribution in [0, 0.1) is 20.8 Å². The number of aryl methyl sites for hydroxylation is 2. The maximum atomic E-state index is 6.06. The van der Waals surface area contributed by atoms with Gasteiger partial charge >= 0.3 is 0 Å². The van der Waals surface area contributed by atoms with Crippen molar-refractivity contribution in [1.82, 2.24) is 0 Å². The van der Waals surface area contributed by atoms with E-state index in [-0.39, 0.29) is 0 Å². The van der Waals surface area contributed by atoms with E-state index in [1.807, 2.05) is 56.4 Å². The summed E-state index contributed by atoms with van der Waals surface area (Å²) in [5.41, 5.74) is 6.37. The lowest BCUT2D eigenvalue weighted by Gasteiger charge is -2.10. The van der Waals surface area contributed by atoms with Gasteiger partial charge < -0.3 is 0 Å². The van der Waals surface area contributed by atoms with Crippen LogP contribution in [0.15, 0.2) is 39.5 Å². The summed E-state index contributed by atoms with van der Waals surface area (Å²) >= 11 is 7.87. The highest BCUT2D eigenvalue weighted by Crippen LogP contribution is 2.29. The normalized spacial score (nSPS) is 12.4. The molecule has 1 aromatic carbocycles. The van der Waals surface area contributed by atoms with Crippen LogP contribution in [0.3, 0.4) is 0 Å². The van der Waals surface area contributed by atoms with E-state index in [2.05, 4.69) is 31.0 Å². The van der Waals surface area contributed by atoms with Crippen molar-refractivity contribution in [2.24, 2.45) is 15.2 Å². The van der Waals surface area contributed by atoms with E-state index in [9.17, 15) is 0 Å². The van der Waals surface area contributed by atoms with Crippen molar-refractivity contribution in [2.45, 2.75) is 41.5 Å². The number of aliphatic imine (C=N–C) groups is 1. The van der Waals surface area contributed by atoms with Crippen LogP contribution in [-0.2, 0) is 0 Å². The summed E-state index contributed by atoms with van der Waals surface area (Å²) in [7, 11) is 0. The van der Waals surface area contributed by atoms with Gasteiger partial charge in [0.25, 0.3) is 0 Å². The lowest BCUT2D eigenvalue weighted by Crippen LogP contribution is -2.09. The second-order valence-corrected chi connectivity index (χ2v) is 8.13. The number of benzene rings is 1. The number of thiophene rings is 1. The average Bonchev–Trinajstić information content (AvgIpc) is 2.81. The molecule has 0 N–H and O–H groups in total. The van der Waals surface area contributed by atoms with Gasteiger partial charge in [-0.3, -0.25) is 4.99 Å². The van der Waals surface area contributed by atoms with Gasteiger partial charge in [-0.25, -0.2) is 0 Å². The molecule has 0 bridgehead atoms. The van der Waals surface area contributed by atoms with E-state index in [0.29, 0.717) is 6.54 Å². The number of rotatable bonds is 5. The summed E-state index contributed by atoms with van der Waals surface area (Å²) in [6.45, 7) is 12.8. The molecule has 0 aliphatic carbocycles. The lowest BCUT2D eigenvalue weighted by atomic mass is 9.98. The molecule has 0 amide bonds. The monoisotopic (exact) mass is 373 g/mol. The molecule has 25 heavy (non-hydrogen) atoms. The van der Waals surface area contributed by atoms with Gasteiger partial charge in [0.05, 0.1) is 18.0 Å². The average molecular weight is 374 g/mol. The molecule has 0 aliphatic heterocycles. The maximum Gasteiger partial charge on any atom is 0.0795 e. The first kappa shape index (κ1) is 19.5. The van der Waals surface area contributed by atoms with E-state index >= 15 is 0 Å². The highest BCUT2D eigenvalue weighted by Gasteiger charge is 2.16. The van der Waals surface area contributed by atoms with Crippen molar-refractivity contribution in [2.75, 3.05) is 6.54 Å². The first-order valence-electron chi connectivity index (χ1n) is 8.21. The highest BCUT2D eigenvalue weighted by atomic mass is 35.5. The molecule has 0 spiro atoms. The Morgan fingerprint density at radius 3 is 2.12 bits per heavy atom. The first-order chi connectivity index (χ1) is 11.8. The lowest BCUT2D eigenvalue weighted by molar-refractivity contribution is 1.16.